The number of esters is 1. The van der Waals surface area contributed by atoms with Gasteiger partial charge in [-0.25, -0.2) is 4.79 Å². The lowest BCUT2D eigenvalue weighted by Crippen LogP contribution is -2.21. The van der Waals surface area contributed by atoms with Crippen molar-refractivity contribution in [1.82, 2.24) is 0 Å². The fraction of sp³-hybridized carbons (Fsp3) is 0.167. The molecule has 1 aromatic heterocycles. The van der Waals surface area contributed by atoms with Crippen molar-refractivity contribution in [1.29, 1.82) is 0 Å². The minimum atomic E-state index is -0.685. The van der Waals surface area contributed by atoms with E-state index >= 15 is 0 Å². The zero-order chi connectivity index (χ0) is 21.4. The molecule has 5 rings (SSSR count). The van der Waals surface area contributed by atoms with Crippen molar-refractivity contribution in [3.05, 3.63) is 65.9 Å². The van der Waals surface area contributed by atoms with Crippen LogP contribution in [0.3, 0.4) is 0 Å². The molecule has 156 valence electrons. The number of rotatable bonds is 4. The molecular weight excluding hydrogens is 398 g/mol. The van der Waals surface area contributed by atoms with Gasteiger partial charge in [0, 0.05) is 28.1 Å². The molecule has 0 saturated heterocycles. The first kappa shape index (κ1) is 19.0. The molecule has 31 heavy (non-hydrogen) atoms. The maximum Gasteiger partial charge on any atom is 0.375 e. The number of hydrogen-bond acceptors (Lipinski definition) is 6. The van der Waals surface area contributed by atoms with Crippen molar-refractivity contribution in [3.8, 4) is 11.5 Å². The highest BCUT2D eigenvalue weighted by atomic mass is 16.6. The molecule has 3 aromatic carbocycles. The first-order valence-corrected chi connectivity index (χ1v) is 9.87. The van der Waals surface area contributed by atoms with E-state index in [2.05, 4.69) is 5.32 Å². The molecule has 0 bridgehead atoms. The summed E-state index contributed by atoms with van der Waals surface area (Å²) in [6.07, 6.45) is 0. The quantitative estimate of drug-likeness (QED) is 0.493. The average Bonchev–Trinajstić information content (AvgIpc) is 3.14. The van der Waals surface area contributed by atoms with Crippen molar-refractivity contribution >= 4 is 39.3 Å². The van der Waals surface area contributed by atoms with Crippen LogP contribution in [-0.4, -0.2) is 31.7 Å². The molecule has 4 aromatic rings. The van der Waals surface area contributed by atoms with Gasteiger partial charge >= 0.3 is 5.97 Å². The summed E-state index contributed by atoms with van der Waals surface area (Å²) in [6, 6.07) is 16.8. The van der Waals surface area contributed by atoms with Crippen LogP contribution < -0.4 is 14.8 Å². The van der Waals surface area contributed by atoms with Crippen LogP contribution in [0.4, 0.5) is 5.69 Å². The zero-order valence-corrected chi connectivity index (χ0v) is 16.8. The summed E-state index contributed by atoms with van der Waals surface area (Å²) in [4.78, 5) is 24.8. The Labute approximate surface area is 177 Å². The maximum absolute atomic E-state index is 12.6. The molecule has 0 fully saturated rings. The lowest BCUT2D eigenvalue weighted by molar-refractivity contribution is -0.119. The number of fused-ring (bicyclic) bond motifs is 4. The van der Waals surface area contributed by atoms with Crippen LogP contribution in [0.5, 0.6) is 11.5 Å². The van der Waals surface area contributed by atoms with Crippen LogP contribution in [0, 0.1) is 6.92 Å². The second kappa shape index (κ2) is 7.68. The van der Waals surface area contributed by atoms with Gasteiger partial charge in [-0.3, -0.25) is 4.79 Å². The highest BCUT2D eigenvalue weighted by molar-refractivity contribution is 6.08. The van der Waals surface area contributed by atoms with Gasteiger partial charge in [0.2, 0.25) is 5.76 Å². The third-order valence-corrected chi connectivity index (χ3v) is 5.17. The van der Waals surface area contributed by atoms with E-state index in [1.807, 2.05) is 36.4 Å². The van der Waals surface area contributed by atoms with E-state index in [0.29, 0.717) is 41.5 Å². The number of benzene rings is 3. The molecule has 2 heterocycles. The average molecular weight is 417 g/mol. The van der Waals surface area contributed by atoms with Gasteiger partial charge in [0.25, 0.3) is 5.91 Å². The number of amides is 1. The standard InChI is InChI=1S/C24H19NO6/c1-14-17-8-6-15-4-2-3-5-18(15)23(17)31-22(14)24(27)30-13-21(26)25-16-7-9-19-20(12-16)29-11-10-28-19/h2-9,12H,10-11,13H2,1H3,(H,25,26). The maximum atomic E-state index is 12.6. The molecular formula is C24H19NO6. The van der Waals surface area contributed by atoms with E-state index in [1.54, 1.807) is 25.1 Å². The highest BCUT2D eigenvalue weighted by Crippen LogP contribution is 2.33. The molecule has 0 aliphatic carbocycles. The predicted molar refractivity (Wildman–Crippen MR) is 115 cm³/mol. The van der Waals surface area contributed by atoms with Crippen LogP contribution in [0.25, 0.3) is 21.7 Å². The van der Waals surface area contributed by atoms with E-state index in [0.717, 1.165) is 16.2 Å². The number of nitrogens with one attached hydrogen (secondary N) is 1. The first-order valence-electron chi connectivity index (χ1n) is 9.87. The molecule has 1 aliphatic rings. The van der Waals surface area contributed by atoms with Gasteiger partial charge in [-0.2, -0.15) is 0 Å². The molecule has 1 aliphatic heterocycles. The van der Waals surface area contributed by atoms with E-state index in [4.69, 9.17) is 18.6 Å². The fourth-order valence-corrected chi connectivity index (χ4v) is 3.66. The minimum absolute atomic E-state index is 0.0958. The summed E-state index contributed by atoms with van der Waals surface area (Å²) < 4.78 is 22.0. The summed E-state index contributed by atoms with van der Waals surface area (Å²) in [5.41, 5.74) is 1.83. The molecule has 0 unspecified atom stereocenters. The Morgan fingerprint density at radius 3 is 2.65 bits per heavy atom. The third-order valence-electron chi connectivity index (χ3n) is 5.17. The van der Waals surface area contributed by atoms with Gasteiger partial charge < -0.3 is 23.9 Å². The van der Waals surface area contributed by atoms with Crippen molar-refractivity contribution < 1.29 is 28.2 Å². The topological polar surface area (TPSA) is 87.0 Å². The van der Waals surface area contributed by atoms with E-state index in [9.17, 15) is 9.59 Å². The lowest BCUT2D eigenvalue weighted by Gasteiger charge is -2.18. The first-order chi connectivity index (χ1) is 15.1. The Kier molecular flexibility index (Phi) is 4.71. The van der Waals surface area contributed by atoms with Gasteiger partial charge in [-0.15, -0.1) is 0 Å². The Hall–Kier alpha value is -4.00. The molecule has 0 spiro atoms. The van der Waals surface area contributed by atoms with Crippen molar-refractivity contribution in [3.63, 3.8) is 0 Å². The number of hydrogen-bond donors (Lipinski definition) is 1. The van der Waals surface area contributed by atoms with E-state index in [-0.39, 0.29) is 5.76 Å². The van der Waals surface area contributed by atoms with Crippen LogP contribution in [0.15, 0.2) is 59.0 Å². The lowest BCUT2D eigenvalue weighted by atomic mass is 10.1. The summed E-state index contributed by atoms with van der Waals surface area (Å²) in [5, 5.41) is 5.45. The SMILES string of the molecule is Cc1c(C(=O)OCC(=O)Nc2ccc3c(c2)OCCO3)oc2c1ccc1ccccc12. The summed E-state index contributed by atoms with van der Waals surface area (Å²) in [6.45, 7) is 2.30. The zero-order valence-electron chi connectivity index (χ0n) is 16.8. The highest BCUT2D eigenvalue weighted by Gasteiger charge is 2.21. The Morgan fingerprint density at radius 1 is 0.968 bits per heavy atom. The number of anilines is 1. The van der Waals surface area contributed by atoms with E-state index in [1.165, 1.54) is 0 Å². The van der Waals surface area contributed by atoms with Gasteiger partial charge in [0.15, 0.2) is 18.1 Å². The van der Waals surface area contributed by atoms with Crippen LogP contribution in [-0.2, 0) is 9.53 Å². The van der Waals surface area contributed by atoms with Crippen molar-refractivity contribution in [2.75, 3.05) is 25.1 Å². The number of ether oxygens (including phenoxy) is 3. The number of furan rings is 1. The Morgan fingerprint density at radius 2 is 1.77 bits per heavy atom. The second-order valence-electron chi connectivity index (χ2n) is 7.20. The van der Waals surface area contributed by atoms with Gasteiger partial charge in [-0.05, 0) is 24.4 Å². The minimum Gasteiger partial charge on any atom is -0.486 e. The number of aryl methyl sites for hydroxylation is 1. The fourth-order valence-electron chi connectivity index (χ4n) is 3.66. The van der Waals surface area contributed by atoms with E-state index < -0.39 is 18.5 Å². The largest absolute Gasteiger partial charge is 0.486 e. The van der Waals surface area contributed by atoms with Crippen LogP contribution in [0.2, 0.25) is 0 Å². The number of carbonyl (C=O) groups excluding carboxylic acids is 2. The van der Waals surface area contributed by atoms with Crippen molar-refractivity contribution in [2.24, 2.45) is 0 Å². The normalized spacial score (nSPS) is 12.7. The molecule has 1 N–H and O–H groups in total. The van der Waals surface area contributed by atoms with Gasteiger partial charge in [-0.1, -0.05) is 36.4 Å². The Balaban J connectivity index is 1.29. The van der Waals surface area contributed by atoms with Crippen LogP contribution >= 0.6 is 0 Å². The molecule has 1 amide bonds. The predicted octanol–water partition coefficient (Wildman–Crippen LogP) is 4.46. The molecule has 0 saturated carbocycles. The molecule has 0 radical (unpaired) electrons. The number of carbonyl (C=O) groups is 2. The van der Waals surface area contributed by atoms with Gasteiger partial charge in [0.05, 0.1) is 0 Å². The molecule has 0 atom stereocenters. The summed E-state index contributed by atoms with van der Waals surface area (Å²) in [5.74, 6) is 0.132. The molecule has 7 nitrogen and oxygen atoms in total. The summed E-state index contributed by atoms with van der Waals surface area (Å²) >= 11 is 0. The van der Waals surface area contributed by atoms with Crippen molar-refractivity contribution in [2.45, 2.75) is 6.92 Å². The summed E-state index contributed by atoms with van der Waals surface area (Å²) in [7, 11) is 0. The monoisotopic (exact) mass is 417 g/mol. The third kappa shape index (κ3) is 3.54. The van der Waals surface area contributed by atoms with Gasteiger partial charge in [0.1, 0.15) is 18.8 Å². The smallest absolute Gasteiger partial charge is 0.375 e. The van der Waals surface area contributed by atoms with Crippen LogP contribution in [0.1, 0.15) is 16.1 Å². The second-order valence-corrected chi connectivity index (χ2v) is 7.20. The Bertz CT molecular complexity index is 1320. The molecule has 7 heteroatoms.